The van der Waals surface area contributed by atoms with Gasteiger partial charge in [0.15, 0.2) is 11.6 Å². The number of hydrogen-bond donors (Lipinski definition) is 0. The van der Waals surface area contributed by atoms with Crippen LogP contribution < -0.4 is 9.84 Å². The molecule has 0 heterocycles. The zero-order valence-corrected chi connectivity index (χ0v) is 16.2. The van der Waals surface area contributed by atoms with Crippen molar-refractivity contribution >= 4 is 5.97 Å². The van der Waals surface area contributed by atoms with Crippen LogP contribution in [0.4, 0.5) is 4.39 Å². The predicted octanol–water partition coefficient (Wildman–Crippen LogP) is 3.78. The van der Waals surface area contributed by atoms with Crippen LogP contribution in [0.15, 0.2) is 18.2 Å². The first-order chi connectivity index (χ1) is 12.7. The summed E-state index contributed by atoms with van der Waals surface area (Å²) in [5.41, 5.74) is -0.479. The molecule has 0 spiro atoms. The first kappa shape index (κ1) is 18.7. The maximum Gasteiger partial charge on any atom is 0.205 e. The van der Waals surface area contributed by atoms with Crippen LogP contribution in [0.25, 0.3) is 0 Å². The molecule has 1 unspecified atom stereocenters. The number of benzene rings is 1. The fraction of sp³-hybridized carbons (Fsp3) is 0.682. The molecule has 4 nitrogen and oxygen atoms in total. The van der Waals surface area contributed by atoms with Crippen LogP contribution in [0.5, 0.6) is 5.75 Å². The van der Waals surface area contributed by atoms with E-state index in [-0.39, 0.29) is 22.8 Å². The van der Waals surface area contributed by atoms with E-state index in [1.54, 1.807) is 0 Å². The molecule has 148 valence electrons. The van der Waals surface area contributed by atoms with Gasteiger partial charge >= 0.3 is 0 Å². The third kappa shape index (κ3) is 3.71. The van der Waals surface area contributed by atoms with Crippen LogP contribution >= 0.6 is 0 Å². The van der Waals surface area contributed by atoms with Gasteiger partial charge in [-0.1, -0.05) is 20.8 Å². The molecule has 4 aliphatic carbocycles. The minimum atomic E-state index is -1.35. The molecule has 1 aromatic carbocycles. The Labute approximate surface area is 160 Å². The molecule has 0 aliphatic heterocycles. The van der Waals surface area contributed by atoms with E-state index in [1.165, 1.54) is 44.2 Å². The van der Waals surface area contributed by atoms with Crippen LogP contribution in [0.3, 0.4) is 0 Å². The lowest BCUT2D eigenvalue weighted by molar-refractivity contribution is -0.255. The van der Waals surface area contributed by atoms with Gasteiger partial charge in [0.05, 0.1) is 12.1 Å². The van der Waals surface area contributed by atoms with E-state index in [4.69, 9.17) is 9.47 Å². The van der Waals surface area contributed by atoms with Gasteiger partial charge in [0.2, 0.25) is 6.29 Å². The number of aromatic carboxylic acids is 1. The summed E-state index contributed by atoms with van der Waals surface area (Å²) in [6, 6.07) is 3.47. The number of hydrogen-bond acceptors (Lipinski definition) is 4. The van der Waals surface area contributed by atoms with Crippen molar-refractivity contribution in [1.29, 1.82) is 0 Å². The van der Waals surface area contributed by atoms with E-state index in [2.05, 4.69) is 0 Å². The Kier molecular flexibility index (Phi) is 4.69. The summed E-state index contributed by atoms with van der Waals surface area (Å²) in [6.07, 6.45) is 5.78. The molecular weight excluding hydrogens is 347 g/mol. The van der Waals surface area contributed by atoms with Gasteiger partial charge in [-0.05, 0) is 74.0 Å². The summed E-state index contributed by atoms with van der Waals surface area (Å²) in [4.78, 5) is 11.1. The second-order valence-electron chi connectivity index (χ2n) is 9.78. The molecule has 1 atom stereocenters. The molecule has 0 radical (unpaired) electrons. The highest BCUT2D eigenvalue weighted by Gasteiger charge is 2.50. The Hall–Kier alpha value is -1.62. The normalized spacial score (nSPS) is 33.1. The summed E-state index contributed by atoms with van der Waals surface area (Å²) in [6.45, 7) is 5.98. The van der Waals surface area contributed by atoms with Crippen molar-refractivity contribution < 1.29 is 23.8 Å². The predicted molar refractivity (Wildman–Crippen MR) is 96.5 cm³/mol. The molecule has 1 aromatic rings. The zero-order valence-electron chi connectivity index (χ0n) is 16.2. The highest BCUT2D eigenvalue weighted by Crippen LogP contribution is 2.55. The molecule has 5 rings (SSSR count). The number of carbonyl (C=O) groups is 1. The Morgan fingerprint density at radius 2 is 1.70 bits per heavy atom. The van der Waals surface area contributed by atoms with Crippen molar-refractivity contribution in [2.45, 2.75) is 65.3 Å². The van der Waals surface area contributed by atoms with Crippen molar-refractivity contribution in [3.8, 4) is 5.75 Å². The van der Waals surface area contributed by atoms with E-state index in [0.29, 0.717) is 11.8 Å². The molecule has 0 N–H and O–H groups in total. The zero-order chi connectivity index (χ0) is 19.3. The maximum atomic E-state index is 14.3. The average Bonchev–Trinajstić information content (AvgIpc) is 2.56. The van der Waals surface area contributed by atoms with Gasteiger partial charge < -0.3 is 19.4 Å². The summed E-state index contributed by atoms with van der Waals surface area (Å²) in [7, 11) is 0. The first-order valence-electron chi connectivity index (χ1n) is 10.0. The van der Waals surface area contributed by atoms with Gasteiger partial charge in [-0.25, -0.2) is 4.39 Å². The molecule has 4 aliphatic rings. The topological polar surface area (TPSA) is 58.6 Å². The average molecular weight is 375 g/mol. The number of carboxylic acids is 1. The van der Waals surface area contributed by atoms with Crippen LogP contribution in [0, 0.1) is 34.9 Å². The standard InChI is InChI=1S/C22H29FO4/c1-22(2,3)21(26-18-11-14(20(24)25)4-5-17(18)23)27-19-15-7-12-6-13(9-15)10-16(19)8-12/h4-5,11-13,15-16,19,21H,6-10H2,1-3H3,(H,24,25)/p-1. The number of carbonyl (C=O) groups excluding carboxylic acids is 1. The number of halogens is 1. The summed E-state index contributed by atoms with van der Waals surface area (Å²) in [5, 5.41) is 11.1. The van der Waals surface area contributed by atoms with Crippen molar-refractivity contribution in [3.05, 3.63) is 29.6 Å². The smallest absolute Gasteiger partial charge is 0.205 e. The largest absolute Gasteiger partial charge is 0.545 e. The van der Waals surface area contributed by atoms with Crippen LogP contribution in [0.2, 0.25) is 0 Å². The van der Waals surface area contributed by atoms with Gasteiger partial charge in [-0.15, -0.1) is 0 Å². The van der Waals surface area contributed by atoms with E-state index in [9.17, 15) is 14.3 Å². The Bertz CT molecular complexity index is 696. The van der Waals surface area contributed by atoms with Crippen LogP contribution in [0.1, 0.15) is 63.2 Å². The molecule has 27 heavy (non-hydrogen) atoms. The van der Waals surface area contributed by atoms with E-state index < -0.39 is 18.1 Å². The third-order valence-electron chi connectivity index (χ3n) is 6.53. The molecule has 4 saturated carbocycles. The van der Waals surface area contributed by atoms with E-state index >= 15 is 0 Å². The summed E-state index contributed by atoms with van der Waals surface area (Å²) in [5.74, 6) is 0.776. The minimum absolute atomic E-state index is 0.0968. The van der Waals surface area contributed by atoms with Crippen molar-refractivity contribution in [2.75, 3.05) is 0 Å². The van der Waals surface area contributed by atoms with Crippen LogP contribution in [-0.4, -0.2) is 18.4 Å². The molecule has 5 heteroatoms. The fourth-order valence-electron chi connectivity index (χ4n) is 5.48. The Morgan fingerprint density at radius 1 is 1.11 bits per heavy atom. The van der Waals surface area contributed by atoms with E-state index in [0.717, 1.165) is 17.9 Å². The van der Waals surface area contributed by atoms with Gasteiger partial charge in [0.1, 0.15) is 0 Å². The second-order valence-corrected chi connectivity index (χ2v) is 9.78. The third-order valence-corrected chi connectivity index (χ3v) is 6.53. The number of carboxylic acid groups (broad SMARTS) is 1. The summed E-state index contributed by atoms with van der Waals surface area (Å²) >= 11 is 0. The molecule has 4 bridgehead atoms. The first-order valence-corrected chi connectivity index (χ1v) is 10.0. The molecular formula is C22H28FO4-. The van der Waals surface area contributed by atoms with Gasteiger partial charge in [-0.2, -0.15) is 0 Å². The number of rotatable bonds is 5. The van der Waals surface area contributed by atoms with Gasteiger partial charge in [0.25, 0.3) is 0 Å². The van der Waals surface area contributed by atoms with Gasteiger partial charge in [-0.3, -0.25) is 0 Å². The molecule has 0 amide bonds. The second kappa shape index (κ2) is 6.77. The highest BCUT2D eigenvalue weighted by molar-refractivity contribution is 5.86. The van der Waals surface area contributed by atoms with Gasteiger partial charge in [0, 0.05) is 11.0 Å². The number of ether oxygens (including phenoxy) is 2. The maximum absolute atomic E-state index is 14.3. The quantitative estimate of drug-likeness (QED) is 0.735. The minimum Gasteiger partial charge on any atom is -0.545 e. The van der Waals surface area contributed by atoms with Crippen molar-refractivity contribution in [1.82, 2.24) is 0 Å². The molecule has 4 fully saturated rings. The highest BCUT2D eigenvalue weighted by atomic mass is 19.1. The molecule has 0 saturated heterocycles. The lowest BCUT2D eigenvalue weighted by Gasteiger charge is -2.55. The van der Waals surface area contributed by atoms with E-state index in [1.807, 2.05) is 20.8 Å². The lowest BCUT2D eigenvalue weighted by atomic mass is 9.55. The van der Waals surface area contributed by atoms with Crippen molar-refractivity contribution in [2.24, 2.45) is 29.1 Å². The van der Waals surface area contributed by atoms with Crippen molar-refractivity contribution in [3.63, 3.8) is 0 Å². The Balaban J connectivity index is 1.54. The van der Waals surface area contributed by atoms with Crippen LogP contribution in [-0.2, 0) is 4.74 Å². The lowest BCUT2D eigenvalue weighted by Crippen LogP contribution is -2.52. The Morgan fingerprint density at radius 3 is 2.22 bits per heavy atom. The molecule has 0 aromatic heterocycles. The fourth-order valence-corrected chi connectivity index (χ4v) is 5.48. The summed E-state index contributed by atoms with van der Waals surface area (Å²) < 4.78 is 26.7. The monoisotopic (exact) mass is 375 g/mol. The SMILES string of the molecule is CC(C)(C)C(Oc1cc(C(=O)[O-])ccc1F)OC1C2CC3CC(C2)CC1C3.